The Labute approximate surface area is 127 Å². The van der Waals surface area contributed by atoms with Gasteiger partial charge in [0.2, 0.25) is 0 Å². The van der Waals surface area contributed by atoms with Crippen molar-refractivity contribution in [2.24, 2.45) is 11.7 Å². The Hall–Kier alpha value is -0.915. The van der Waals surface area contributed by atoms with Crippen molar-refractivity contribution < 1.29 is 15.2 Å². The zero-order valence-electron chi connectivity index (χ0n) is 12.8. The van der Waals surface area contributed by atoms with Crippen LogP contribution in [-0.2, 0) is 6.42 Å². The average molecular weight is 294 g/mol. The van der Waals surface area contributed by atoms with E-state index in [0.717, 1.165) is 5.56 Å². The van der Waals surface area contributed by atoms with Gasteiger partial charge in [0.05, 0.1) is 6.10 Å². The molecule has 118 valence electrons. The van der Waals surface area contributed by atoms with Gasteiger partial charge >= 0.3 is 7.12 Å². The predicted octanol–water partition coefficient (Wildman–Crippen LogP) is -0.0664. The molecule has 21 heavy (non-hydrogen) atoms. The predicted molar refractivity (Wildman–Crippen MR) is 85.6 cm³/mol. The summed E-state index contributed by atoms with van der Waals surface area (Å²) in [7, 11) is -1.44. The van der Waals surface area contributed by atoms with Crippen LogP contribution >= 0.6 is 0 Å². The van der Waals surface area contributed by atoms with E-state index in [0.29, 0.717) is 18.8 Å². The summed E-state index contributed by atoms with van der Waals surface area (Å²) in [5.41, 5.74) is 7.07. The van der Waals surface area contributed by atoms with Crippen LogP contribution in [0.15, 0.2) is 30.3 Å². The van der Waals surface area contributed by atoms with Gasteiger partial charge in [0, 0.05) is 18.5 Å². The molecule has 0 aliphatic rings. The van der Waals surface area contributed by atoms with E-state index in [-0.39, 0.29) is 6.54 Å². The summed E-state index contributed by atoms with van der Waals surface area (Å²) in [5.74, 6) is -0.122. The maximum atomic E-state index is 10.1. The Bertz CT molecular complexity index is 390. The Balaban J connectivity index is 2.42. The molecule has 0 saturated carbocycles. The highest BCUT2D eigenvalue weighted by Crippen LogP contribution is 2.07. The zero-order chi connectivity index (χ0) is 15.8. The molecule has 1 aromatic carbocycles. The van der Waals surface area contributed by atoms with Crippen molar-refractivity contribution in [1.29, 1.82) is 0 Å². The number of aliphatic hydroxyl groups is 1. The van der Waals surface area contributed by atoms with Crippen LogP contribution in [0.25, 0.3) is 0 Å². The lowest BCUT2D eigenvalue weighted by Crippen LogP contribution is -2.50. The van der Waals surface area contributed by atoms with E-state index >= 15 is 0 Å². The van der Waals surface area contributed by atoms with Crippen LogP contribution < -0.4 is 11.1 Å². The standard InChI is InChI=1S/C15H27BN2O3/c1-11(2)8-15(16(20)21)18-10-14(19)13(17)9-12-6-4-3-5-7-12/h3-7,11,13-15,18-21H,8-10,17H2,1-2H3. The smallest absolute Gasteiger partial charge is 0.426 e. The quantitative estimate of drug-likeness (QED) is 0.411. The Morgan fingerprint density at radius 1 is 1.19 bits per heavy atom. The minimum Gasteiger partial charge on any atom is -0.426 e. The molecule has 1 aromatic rings. The average Bonchev–Trinajstić information content (AvgIpc) is 2.43. The summed E-state index contributed by atoms with van der Waals surface area (Å²) in [5, 5.41) is 31.7. The molecule has 5 nitrogen and oxygen atoms in total. The molecule has 0 aliphatic carbocycles. The third-order valence-corrected chi connectivity index (χ3v) is 3.48. The number of rotatable bonds is 9. The monoisotopic (exact) mass is 294 g/mol. The van der Waals surface area contributed by atoms with E-state index in [1.807, 2.05) is 44.2 Å². The Kier molecular flexibility index (Phi) is 7.92. The van der Waals surface area contributed by atoms with Gasteiger partial charge in [-0.15, -0.1) is 0 Å². The fourth-order valence-corrected chi connectivity index (χ4v) is 2.26. The summed E-state index contributed by atoms with van der Waals surface area (Å²) in [6.45, 7) is 4.26. The van der Waals surface area contributed by atoms with Crippen molar-refractivity contribution >= 4 is 7.12 Å². The molecule has 0 bridgehead atoms. The van der Waals surface area contributed by atoms with Crippen molar-refractivity contribution in [3.63, 3.8) is 0 Å². The first-order valence-electron chi connectivity index (χ1n) is 7.47. The van der Waals surface area contributed by atoms with Gasteiger partial charge in [-0.05, 0) is 24.3 Å². The van der Waals surface area contributed by atoms with Crippen molar-refractivity contribution in [1.82, 2.24) is 5.32 Å². The second-order valence-electron chi connectivity index (χ2n) is 5.98. The minimum atomic E-state index is -1.44. The van der Waals surface area contributed by atoms with Gasteiger partial charge in [-0.3, -0.25) is 0 Å². The van der Waals surface area contributed by atoms with Gasteiger partial charge < -0.3 is 26.2 Å². The Morgan fingerprint density at radius 2 is 1.81 bits per heavy atom. The first-order valence-corrected chi connectivity index (χ1v) is 7.47. The van der Waals surface area contributed by atoms with E-state index in [1.165, 1.54) is 0 Å². The number of nitrogens with two attached hydrogens (primary N) is 1. The molecule has 0 heterocycles. The summed E-state index contributed by atoms with van der Waals surface area (Å²) in [6.07, 6.45) is 0.469. The van der Waals surface area contributed by atoms with Crippen LogP contribution in [0, 0.1) is 5.92 Å². The number of hydrogen-bond donors (Lipinski definition) is 5. The van der Waals surface area contributed by atoms with Crippen LogP contribution in [0.1, 0.15) is 25.8 Å². The van der Waals surface area contributed by atoms with Crippen LogP contribution in [0.5, 0.6) is 0 Å². The third kappa shape index (κ3) is 7.06. The zero-order valence-corrected chi connectivity index (χ0v) is 12.8. The van der Waals surface area contributed by atoms with Crippen molar-refractivity contribution in [2.75, 3.05) is 6.54 Å². The highest BCUT2D eigenvalue weighted by atomic mass is 16.4. The molecular formula is C15H27BN2O3. The van der Waals surface area contributed by atoms with E-state index in [4.69, 9.17) is 5.73 Å². The molecular weight excluding hydrogens is 267 g/mol. The maximum Gasteiger partial charge on any atom is 0.469 e. The molecule has 0 aromatic heterocycles. The first-order chi connectivity index (χ1) is 9.90. The minimum absolute atomic E-state index is 0.239. The summed E-state index contributed by atoms with van der Waals surface area (Å²) in [4.78, 5) is 0. The molecule has 0 spiro atoms. The van der Waals surface area contributed by atoms with Crippen LogP contribution in [0.3, 0.4) is 0 Å². The van der Waals surface area contributed by atoms with Crippen molar-refractivity contribution in [2.45, 2.75) is 44.8 Å². The fraction of sp³-hybridized carbons (Fsp3) is 0.600. The maximum absolute atomic E-state index is 10.1. The van der Waals surface area contributed by atoms with E-state index in [1.54, 1.807) is 0 Å². The highest BCUT2D eigenvalue weighted by Gasteiger charge is 2.25. The number of nitrogens with one attached hydrogen (secondary N) is 1. The van der Waals surface area contributed by atoms with Crippen LogP contribution in [0.4, 0.5) is 0 Å². The molecule has 0 saturated heterocycles. The molecule has 0 fully saturated rings. The van der Waals surface area contributed by atoms with Gasteiger partial charge in [-0.1, -0.05) is 44.2 Å². The van der Waals surface area contributed by atoms with Crippen molar-refractivity contribution in [3.05, 3.63) is 35.9 Å². The normalized spacial score (nSPS) is 15.8. The molecule has 0 radical (unpaired) electrons. The molecule has 3 unspecified atom stereocenters. The van der Waals surface area contributed by atoms with Crippen LogP contribution in [0.2, 0.25) is 0 Å². The largest absolute Gasteiger partial charge is 0.469 e. The first kappa shape index (κ1) is 18.1. The second kappa shape index (κ2) is 9.17. The molecule has 3 atom stereocenters. The van der Waals surface area contributed by atoms with E-state index < -0.39 is 25.2 Å². The highest BCUT2D eigenvalue weighted by molar-refractivity contribution is 6.43. The van der Waals surface area contributed by atoms with Gasteiger partial charge in [-0.25, -0.2) is 0 Å². The molecule has 0 aliphatic heterocycles. The number of hydrogen-bond acceptors (Lipinski definition) is 5. The van der Waals surface area contributed by atoms with Crippen LogP contribution in [-0.4, -0.2) is 46.9 Å². The Morgan fingerprint density at radius 3 is 2.33 bits per heavy atom. The lowest BCUT2D eigenvalue weighted by atomic mass is 9.75. The van der Waals surface area contributed by atoms with E-state index in [9.17, 15) is 15.2 Å². The van der Waals surface area contributed by atoms with Gasteiger partial charge in [0.15, 0.2) is 0 Å². The molecule has 6 heteroatoms. The fourth-order valence-electron chi connectivity index (χ4n) is 2.26. The third-order valence-electron chi connectivity index (χ3n) is 3.48. The van der Waals surface area contributed by atoms with Crippen molar-refractivity contribution in [3.8, 4) is 0 Å². The van der Waals surface area contributed by atoms with Gasteiger partial charge in [0.1, 0.15) is 0 Å². The van der Waals surface area contributed by atoms with Gasteiger partial charge in [-0.2, -0.15) is 0 Å². The van der Waals surface area contributed by atoms with Gasteiger partial charge in [0.25, 0.3) is 0 Å². The molecule has 0 amide bonds. The summed E-state index contributed by atoms with van der Waals surface area (Å²) in [6, 6.07) is 9.36. The molecule has 6 N–H and O–H groups in total. The lowest BCUT2D eigenvalue weighted by molar-refractivity contribution is 0.138. The SMILES string of the molecule is CC(C)CC(NCC(O)C(N)Cc1ccccc1)B(O)O. The second-order valence-corrected chi connectivity index (χ2v) is 5.98. The topological polar surface area (TPSA) is 98.7 Å². The summed E-state index contributed by atoms with van der Waals surface area (Å²) < 4.78 is 0. The molecule has 1 rings (SSSR count). The number of benzene rings is 1. The summed E-state index contributed by atoms with van der Waals surface area (Å²) >= 11 is 0. The lowest BCUT2D eigenvalue weighted by Gasteiger charge is -2.24. The number of aliphatic hydroxyl groups excluding tert-OH is 1. The van der Waals surface area contributed by atoms with E-state index in [2.05, 4.69) is 5.32 Å².